The van der Waals surface area contributed by atoms with Gasteiger partial charge in [-0.1, -0.05) is 64.1 Å². The number of aromatic nitrogens is 4. The highest BCUT2D eigenvalue weighted by Gasteiger charge is 2.13. The van der Waals surface area contributed by atoms with Crippen molar-refractivity contribution in [1.82, 2.24) is 20.3 Å². The molecule has 0 aliphatic rings. The van der Waals surface area contributed by atoms with Gasteiger partial charge in [-0.05, 0) is 29.8 Å². The van der Waals surface area contributed by atoms with Crippen molar-refractivity contribution in [2.24, 2.45) is 0 Å². The maximum absolute atomic E-state index is 12.9. The summed E-state index contributed by atoms with van der Waals surface area (Å²) in [5, 5.41) is 16.7. The zero-order valence-electron chi connectivity index (χ0n) is 14.3. The largest absolute Gasteiger partial charge is 0.356 e. The second kappa shape index (κ2) is 8.68. The van der Waals surface area contributed by atoms with E-state index in [1.165, 1.54) is 35.2 Å². The standard InChI is InChI=1S/C18H13ClFN5OS2/c19-14-4-2-1-3-13(14)16-22-15(26-25-16)10-27-18-24-23-17(28-18)21-9-11-5-7-12(20)8-6-11/h1-8H,9-10H2,(H,21,23). The predicted molar refractivity (Wildman–Crippen MR) is 108 cm³/mol. The van der Waals surface area contributed by atoms with Crippen LogP contribution >= 0.6 is 34.7 Å². The minimum Gasteiger partial charge on any atom is -0.356 e. The molecule has 2 aromatic heterocycles. The van der Waals surface area contributed by atoms with Crippen LogP contribution in [-0.2, 0) is 12.3 Å². The molecule has 0 saturated carbocycles. The van der Waals surface area contributed by atoms with Gasteiger partial charge in [-0.25, -0.2) is 4.39 Å². The first-order valence-corrected chi connectivity index (χ1v) is 10.4. The number of nitrogens with zero attached hydrogens (tertiary/aromatic N) is 4. The molecule has 0 radical (unpaired) electrons. The Kier molecular flexibility index (Phi) is 5.84. The molecule has 4 rings (SSSR count). The Balaban J connectivity index is 1.32. The molecule has 0 saturated heterocycles. The van der Waals surface area contributed by atoms with Crippen molar-refractivity contribution in [3.8, 4) is 11.4 Å². The second-order valence-corrected chi connectivity index (χ2v) is 8.24. The molecule has 0 spiro atoms. The maximum atomic E-state index is 12.9. The number of rotatable bonds is 7. The van der Waals surface area contributed by atoms with Crippen LogP contribution in [0.5, 0.6) is 0 Å². The maximum Gasteiger partial charge on any atom is 0.237 e. The quantitative estimate of drug-likeness (QED) is 0.397. The lowest BCUT2D eigenvalue weighted by Crippen LogP contribution is -1.98. The summed E-state index contributed by atoms with van der Waals surface area (Å²) in [6, 6.07) is 13.7. The van der Waals surface area contributed by atoms with Gasteiger partial charge >= 0.3 is 0 Å². The van der Waals surface area contributed by atoms with E-state index in [2.05, 4.69) is 25.7 Å². The van der Waals surface area contributed by atoms with Crippen LogP contribution in [0.2, 0.25) is 5.02 Å². The molecule has 2 heterocycles. The summed E-state index contributed by atoms with van der Waals surface area (Å²) in [6.07, 6.45) is 0. The molecule has 0 aliphatic heterocycles. The highest BCUT2D eigenvalue weighted by Crippen LogP contribution is 2.30. The van der Waals surface area contributed by atoms with Crippen LogP contribution in [0, 0.1) is 5.82 Å². The fraction of sp³-hybridized carbons (Fsp3) is 0.111. The van der Waals surface area contributed by atoms with E-state index in [0.29, 0.717) is 34.2 Å². The number of hydrogen-bond donors (Lipinski definition) is 1. The minimum absolute atomic E-state index is 0.253. The van der Waals surface area contributed by atoms with Crippen LogP contribution in [0.1, 0.15) is 11.5 Å². The molecular formula is C18H13ClFN5OS2. The third kappa shape index (κ3) is 4.67. The Hall–Kier alpha value is -2.49. The van der Waals surface area contributed by atoms with Crippen LogP contribution in [0.15, 0.2) is 57.4 Å². The summed E-state index contributed by atoms with van der Waals surface area (Å²) in [5.74, 6) is 1.16. The summed E-state index contributed by atoms with van der Waals surface area (Å²) in [5.41, 5.74) is 1.69. The minimum atomic E-state index is -0.253. The summed E-state index contributed by atoms with van der Waals surface area (Å²) in [6.45, 7) is 0.546. The summed E-state index contributed by atoms with van der Waals surface area (Å²) < 4.78 is 19.0. The predicted octanol–water partition coefficient (Wildman–Crippen LogP) is 5.29. The van der Waals surface area contributed by atoms with Gasteiger partial charge in [0.15, 0.2) is 4.34 Å². The monoisotopic (exact) mass is 433 g/mol. The zero-order valence-corrected chi connectivity index (χ0v) is 16.7. The number of thioether (sulfide) groups is 1. The first-order chi connectivity index (χ1) is 13.7. The van der Waals surface area contributed by atoms with Gasteiger partial charge in [0.05, 0.1) is 10.8 Å². The molecule has 0 fully saturated rings. The van der Waals surface area contributed by atoms with Crippen molar-refractivity contribution in [3.05, 3.63) is 70.8 Å². The van der Waals surface area contributed by atoms with Crippen LogP contribution < -0.4 is 5.32 Å². The molecule has 0 aliphatic carbocycles. The van der Waals surface area contributed by atoms with Crippen LogP contribution in [0.4, 0.5) is 9.52 Å². The average Bonchev–Trinajstić information content (AvgIpc) is 3.36. The van der Waals surface area contributed by atoms with Crippen molar-refractivity contribution >= 4 is 39.8 Å². The Labute approximate surface area is 173 Å². The molecule has 4 aromatic rings. The number of halogens is 2. The lowest BCUT2D eigenvalue weighted by atomic mass is 10.2. The van der Waals surface area contributed by atoms with Crippen LogP contribution in [-0.4, -0.2) is 20.3 Å². The van der Waals surface area contributed by atoms with Gasteiger partial charge in [-0.2, -0.15) is 4.98 Å². The number of anilines is 1. The fourth-order valence-corrected chi connectivity index (χ4v) is 4.11. The molecule has 28 heavy (non-hydrogen) atoms. The molecule has 142 valence electrons. The Morgan fingerprint density at radius 2 is 1.93 bits per heavy atom. The first kappa shape index (κ1) is 18.9. The van der Waals surface area contributed by atoms with E-state index in [9.17, 15) is 4.39 Å². The Morgan fingerprint density at radius 1 is 1.11 bits per heavy atom. The molecule has 1 N–H and O–H groups in total. The summed E-state index contributed by atoms with van der Waals surface area (Å²) >= 11 is 9.04. The lowest BCUT2D eigenvalue weighted by Gasteiger charge is -2.01. The van der Waals surface area contributed by atoms with Gasteiger partial charge in [0.2, 0.25) is 16.8 Å². The molecule has 10 heteroatoms. The first-order valence-electron chi connectivity index (χ1n) is 8.19. The Morgan fingerprint density at radius 3 is 2.75 bits per heavy atom. The molecule has 0 unspecified atom stereocenters. The SMILES string of the molecule is Fc1ccc(CNc2nnc(SCc3nc(-c4ccccc4Cl)no3)s2)cc1. The van der Waals surface area contributed by atoms with E-state index in [0.717, 1.165) is 15.5 Å². The number of benzene rings is 2. The van der Waals surface area contributed by atoms with Crippen molar-refractivity contribution < 1.29 is 8.91 Å². The molecule has 2 aromatic carbocycles. The van der Waals surface area contributed by atoms with E-state index < -0.39 is 0 Å². The zero-order chi connectivity index (χ0) is 19.3. The van der Waals surface area contributed by atoms with Crippen LogP contribution in [0.25, 0.3) is 11.4 Å². The van der Waals surface area contributed by atoms with E-state index in [4.69, 9.17) is 16.1 Å². The fourth-order valence-electron chi connectivity index (χ4n) is 2.31. The van der Waals surface area contributed by atoms with Gasteiger partial charge < -0.3 is 9.84 Å². The highest BCUT2D eigenvalue weighted by atomic mass is 35.5. The molecular weight excluding hydrogens is 421 g/mol. The van der Waals surface area contributed by atoms with E-state index >= 15 is 0 Å². The number of nitrogens with one attached hydrogen (secondary N) is 1. The average molecular weight is 434 g/mol. The van der Waals surface area contributed by atoms with Crippen LogP contribution in [0.3, 0.4) is 0 Å². The van der Waals surface area contributed by atoms with Gasteiger partial charge in [0, 0.05) is 12.1 Å². The Bertz CT molecular complexity index is 1070. The van der Waals surface area contributed by atoms with E-state index in [-0.39, 0.29) is 5.82 Å². The highest BCUT2D eigenvalue weighted by molar-refractivity contribution is 8.00. The molecule has 0 amide bonds. The molecule has 6 nitrogen and oxygen atoms in total. The third-order valence-electron chi connectivity index (χ3n) is 3.67. The van der Waals surface area contributed by atoms with Gasteiger partial charge in [0.25, 0.3) is 0 Å². The number of hydrogen-bond acceptors (Lipinski definition) is 8. The summed E-state index contributed by atoms with van der Waals surface area (Å²) in [4.78, 5) is 4.37. The topological polar surface area (TPSA) is 76.7 Å². The van der Waals surface area contributed by atoms with E-state index in [1.807, 2.05) is 18.2 Å². The van der Waals surface area contributed by atoms with Crippen molar-refractivity contribution in [2.45, 2.75) is 16.6 Å². The second-order valence-electron chi connectivity index (χ2n) is 5.63. The van der Waals surface area contributed by atoms with Gasteiger partial charge in [-0.3, -0.25) is 0 Å². The van der Waals surface area contributed by atoms with Crippen molar-refractivity contribution in [3.63, 3.8) is 0 Å². The third-order valence-corrected chi connectivity index (χ3v) is 5.99. The van der Waals surface area contributed by atoms with Gasteiger partial charge in [0.1, 0.15) is 5.82 Å². The van der Waals surface area contributed by atoms with Crippen molar-refractivity contribution in [1.29, 1.82) is 0 Å². The molecule has 0 bridgehead atoms. The lowest BCUT2D eigenvalue weighted by molar-refractivity contribution is 0.391. The van der Waals surface area contributed by atoms with E-state index in [1.54, 1.807) is 18.2 Å². The molecule has 0 atom stereocenters. The smallest absolute Gasteiger partial charge is 0.237 e. The normalized spacial score (nSPS) is 10.9. The van der Waals surface area contributed by atoms with Gasteiger partial charge in [-0.15, -0.1) is 10.2 Å². The van der Waals surface area contributed by atoms with Crippen molar-refractivity contribution in [2.75, 3.05) is 5.32 Å². The summed E-state index contributed by atoms with van der Waals surface area (Å²) in [7, 11) is 0.